The van der Waals surface area contributed by atoms with Crippen molar-refractivity contribution in [1.29, 1.82) is 0 Å². The number of aromatic nitrogens is 2. The molecule has 0 saturated carbocycles. The first-order valence-corrected chi connectivity index (χ1v) is 10.9. The number of nitrogens with zero attached hydrogens (tertiary/aromatic N) is 3. The van der Waals surface area contributed by atoms with Crippen molar-refractivity contribution in [3.63, 3.8) is 0 Å². The molecule has 2 rings (SSSR count). The van der Waals surface area contributed by atoms with E-state index in [0.717, 1.165) is 35.6 Å². The number of methoxy groups -OCH3 is 1. The number of hydrogen-bond donors (Lipinski definition) is 0. The van der Waals surface area contributed by atoms with Gasteiger partial charge in [-0.1, -0.05) is 26.0 Å². The van der Waals surface area contributed by atoms with E-state index >= 15 is 0 Å². The molecule has 0 atom stereocenters. The van der Waals surface area contributed by atoms with Crippen molar-refractivity contribution in [3.05, 3.63) is 47.5 Å². The van der Waals surface area contributed by atoms with Crippen LogP contribution < -0.4 is 0 Å². The predicted octanol–water partition coefficient (Wildman–Crippen LogP) is 5.77. The molecule has 6 heteroatoms. The van der Waals surface area contributed by atoms with Crippen LogP contribution in [0, 0.1) is 5.92 Å². The first-order chi connectivity index (χ1) is 13.5. The maximum absolute atomic E-state index is 5.52. The summed E-state index contributed by atoms with van der Waals surface area (Å²) in [5, 5.41) is 4.49. The lowest BCUT2D eigenvalue weighted by atomic mass is 10.00. The molecule has 0 N–H and O–H groups in total. The zero-order chi connectivity index (χ0) is 20.5. The summed E-state index contributed by atoms with van der Waals surface area (Å²) in [7, 11) is 1.60. The molecule has 1 heterocycles. The molecule has 2 aromatic rings. The standard InChI is InChI=1S/C22H31N3O2S/c1-7-25-22(18(15-23-25)14-21(26-5)27-8-2)24-20(13-16(3)4)17-9-11-19(28-6)12-10-17/h9-12,14-16H,7-8,13H2,1-6H3/b21-14-,24-20?. The zero-order valence-electron chi connectivity index (χ0n) is 17.7. The van der Waals surface area contributed by atoms with Crippen LogP contribution in [0.15, 0.2) is 46.3 Å². The van der Waals surface area contributed by atoms with Crippen LogP contribution in [0.2, 0.25) is 0 Å². The largest absolute Gasteiger partial charge is 0.469 e. The van der Waals surface area contributed by atoms with Crippen molar-refractivity contribution >= 4 is 29.4 Å². The van der Waals surface area contributed by atoms with Gasteiger partial charge in [-0.25, -0.2) is 9.67 Å². The fraction of sp³-hybridized carbons (Fsp3) is 0.455. The van der Waals surface area contributed by atoms with Gasteiger partial charge in [0, 0.05) is 23.1 Å². The van der Waals surface area contributed by atoms with Gasteiger partial charge < -0.3 is 9.47 Å². The molecule has 0 fully saturated rings. The van der Waals surface area contributed by atoms with Crippen LogP contribution in [0.1, 0.15) is 45.2 Å². The van der Waals surface area contributed by atoms with Crippen molar-refractivity contribution in [2.75, 3.05) is 20.0 Å². The van der Waals surface area contributed by atoms with Gasteiger partial charge in [0.1, 0.15) is 0 Å². The highest BCUT2D eigenvalue weighted by Crippen LogP contribution is 2.26. The summed E-state index contributed by atoms with van der Waals surface area (Å²) in [6, 6.07) is 8.59. The lowest BCUT2D eigenvalue weighted by Gasteiger charge is -2.12. The van der Waals surface area contributed by atoms with Crippen molar-refractivity contribution < 1.29 is 9.47 Å². The highest BCUT2D eigenvalue weighted by molar-refractivity contribution is 7.98. The van der Waals surface area contributed by atoms with Gasteiger partial charge in [0.25, 0.3) is 5.95 Å². The molecular weight excluding hydrogens is 370 g/mol. The molecule has 5 nitrogen and oxygen atoms in total. The van der Waals surface area contributed by atoms with Crippen LogP contribution in [0.25, 0.3) is 6.08 Å². The fourth-order valence-corrected chi connectivity index (χ4v) is 3.21. The Kier molecular flexibility index (Phi) is 8.64. The van der Waals surface area contributed by atoms with Gasteiger partial charge in [-0.05, 0) is 50.1 Å². The van der Waals surface area contributed by atoms with E-state index in [4.69, 9.17) is 14.5 Å². The van der Waals surface area contributed by atoms with Crippen LogP contribution in [-0.4, -0.2) is 35.5 Å². The second-order valence-electron chi connectivity index (χ2n) is 6.72. The first kappa shape index (κ1) is 22.1. The summed E-state index contributed by atoms with van der Waals surface area (Å²) >= 11 is 1.74. The molecule has 0 aliphatic rings. The van der Waals surface area contributed by atoms with Crippen molar-refractivity contribution in [3.8, 4) is 0 Å². The minimum Gasteiger partial charge on any atom is -0.469 e. The average molecular weight is 402 g/mol. The van der Waals surface area contributed by atoms with Gasteiger partial charge in [0.15, 0.2) is 5.82 Å². The maximum Gasteiger partial charge on any atom is 0.279 e. The third-order valence-electron chi connectivity index (χ3n) is 4.17. The maximum atomic E-state index is 5.52. The van der Waals surface area contributed by atoms with Gasteiger partial charge in [0.2, 0.25) is 0 Å². The number of ether oxygens (including phenoxy) is 2. The third kappa shape index (κ3) is 5.89. The number of benzene rings is 1. The van der Waals surface area contributed by atoms with Gasteiger partial charge in [0.05, 0.1) is 25.6 Å². The summed E-state index contributed by atoms with van der Waals surface area (Å²) in [4.78, 5) is 6.30. The molecule has 152 valence electrons. The van der Waals surface area contributed by atoms with Crippen LogP contribution in [0.5, 0.6) is 0 Å². The minimum atomic E-state index is 0.462. The zero-order valence-corrected chi connectivity index (χ0v) is 18.5. The Bertz CT molecular complexity index is 808. The lowest BCUT2D eigenvalue weighted by molar-refractivity contribution is 0.0733. The molecule has 0 amide bonds. The summed E-state index contributed by atoms with van der Waals surface area (Å²) in [6.07, 6.45) is 6.64. The number of thioether (sulfide) groups is 1. The third-order valence-corrected chi connectivity index (χ3v) is 4.91. The smallest absolute Gasteiger partial charge is 0.279 e. The number of aryl methyl sites for hydroxylation is 1. The Hall–Kier alpha value is -2.21. The summed E-state index contributed by atoms with van der Waals surface area (Å²) in [5.41, 5.74) is 3.08. The first-order valence-electron chi connectivity index (χ1n) is 9.68. The van der Waals surface area contributed by atoms with Crippen LogP contribution in [-0.2, 0) is 16.0 Å². The normalized spacial score (nSPS) is 12.5. The molecule has 0 unspecified atom stereocenters. The molecule has 0 aliphatic carbocycles. The van der Waals surface area contributed by atoms with E-state index in [9.17, 15) is 0 Å². The molecule has 0 spiro atoms. The Morgan fingerprint density at radius 3 is 2.50 bits per heavy atom. The number of hydrogen-bond acceptors (Lipinski definition) is 5. The second kappa shape index (κ2) is 11.0. The molecule has 1 aromatic carbocycles. The molecule has 1 aromatic heterocycles. The van der Waals surface area contributed by atoms with E-state index in [1.165, 1.54) is 4.90 Å². The SMILES string of the molecule is CCO/C(=C\c1cnn(CC)c1N=C(CC(C)C)c1ccc(SC)cc1)OC. The summed E-state index contributed by atoms with van der Waals surface area (Å²) in [6.45, 7) is 9.70. The predicted molar refractivity (Wildman–Crippen MR) is 118 cm³/mol. The monoisotopic (exact) mass is 401 g/mol. The van der Waals surface area contributed by atoms with Gasteiger partial charge in [-0.3, -0.25) is 0 Å². The van der Waals surface area contributed by atoms with Gasteiger partial charge in [-0.15, -0.1) is 11.8 Å². The quantitative estimate of drug-likeness (QED) is 0.288. The molecule has 0 bridgehead atoms. The van der Waals surface area contributed by atoms with E-state index in [2.05, 4.69) is 56.4 Å². The molecule has 0 radical (unpaired) electrons. The van der Waals surface area contributed by atoms with Gasteiger partial charge >= 0.3 is 0 Å². The van der Waals surface area contributed by atoms with Crippen LogP contribution in [0.3, 0.4) is 0 Å². The van der Waals surface area contributed by atoms with E-state index in [1.807, 2.05) is 23.9 Å². The second-order valence-corrected chi connectivity index (χ2v) is 7.60. The Morgan fingerprint density at radius 1 is 1.25 bits per heavy atom. The topological polar surface area (TPSA) is 48.6 Å². The molecular formula is C22H31N3O2S. The van der Waals surface area contributed by atoms with E-state index in [1.54, 1.807) is 18.9 Å². The summed E-state index contributed by atoms with van der Waals surface area (Å²) < 4.78 is 12.8. The average Bonchev–Trinajstić information content (AvgIpc) is 3.08. The van der Waals surface area contributed by atoms with E-state index in [0.29, 0.717) is 18.5 Å². The summed E-state index contributed by atoms with van der Waals surface area (Å²) in [5.74, 6) is 1.78. The van der Waals surface area contributed by atoms with Gasteiger partial charge in [-0.2, -0.15) is 5.10 Å². The minimum absolute atomic E-state index is 0.462. The highest BCUT2D eigenvalue weighted by Gasteiger charge is 2.13. The molecule has 0 aliphatic heterocycles. The Morgan fingerprint density at radius 2 is 1.96 bits per heavy atom. The lowest BCUT2D eigenvalue weighted by Crippen LogP contribution is -2.06. The molecule has 0 saturated heterocycles. The Labute approximate surface area is 172 Å². The van der Waals surface area contributed by atoms with Crippen molar-refractivity contribution in [1.82, 2.24) is 9.78 Å². The molecule has 28 heavy (non-hydrogen) atoms. The number of aliphatic imine (C=N–C) groups is 1. The Balaban J connectivity index is 2.53. The fourth-order valence-electron chi connectivity index (χ4n) is 2.80. The van der Waals surface area contributed by atoms with Crippen LogP contribution >= 0.6 is 11.8 Å². The van der Waals surface area contributed by atoms with E-state index in [-0.39, 0.29) is 0 Å². The van der Waals surface area contributed by atoms with Crippen molar-refractivity contribution in [2.24, 2.45) is 10.9 Å². The number of rotatable bonds is 10. The van der Waals surface area contributed by atoms with Crippen LogP contribution in [0.4, 0.5) is 5.82 Å². The van der Waals surface area contributed by atoms with E-state index < -0.39 is 0 Å². The highest BCUT2D eigenvalue weighted by atomic mass is 32.2. The van der Waals surface area contributed by atoms with Crippen molar-refractivity contribution in [2.45, 2.75) is 45.6 Å².